The Morgan fingerprint density at radius 1 is 0.367 bits per heavy atom. The van der Waals surface area contributed by atoms with E-state index in [0.717, 1.165) is 0 Å². The zero-order valence-electron chi connectivity index (χ0n) is 32.6. The van der Waals surface area contributed by atoms with Crippen molar-refractivity contribution >= 4 is 28.8 Å². The van der Waals surface area contributed by atoms with Crippen LogP contribution in [-0.4, -0.2) is 8.07 Å². The maximum atomic E-state index is 2.61. The maximum Gasteiger partial charge on any atom is 4.00 e. The van der Waals surface area contributed by atoms with E-state index < -0.39 is 8.07 Å². The summed E-state index contributed by atoms with van der Waals surface area (Å²) in [5, 5.41) is 6.12. The van der Waals surface area contributed by atoms with E-state index in [-0.39, 0.29) is 58.9 Å². The van der Waals surface area contributed by atoms with Crippen molar-refractivity contribution in [3.05, 3.63) is 112 Å². The number of rotatable bonds is 11. The molecular formula is C44H61Cl3SiTi. The third kappa shape index (κ3) is 10.2. The second-order valence-corrected chi connectivity index (χ2v) is 19.7. The normalized spacial score (nSPS) is 11.7. The third-order valence-electron chi connectivity index (χ3n) is 10.1. The van der Waals surface area contributed by atoms with Gasteiger partial charge in [0.05, 0.1) is 0 Å². The van der Waals surface area contributed by atoms with Gasteiger partial charge in [0, 0.05) is 0 Å². The van der Waals surface area contributed by atoms with Crippen molar-refractivity contribution in [1.29, 1.82) is 0 Å². The fourth-order valence-electron chi connectivity index (χ4n) is 6.73. The van der Waals surface area contributed by atoms with Gasteiger partial charge in [-0.2, -0.15) is 17.7 Å². The first kappa shape index (κ1) is 47.8. The minimum absolute atomic E-state index is 0. The SMILES string of the molecule is CC(C)c1cc(C(C)C)cc([Si](c2cc(C(C)C)cc(C(C)C)c2)(c2cc(C(C)C)cc(C(C)C)c2)[c-]2ccc(C(C)C)c2)c1.[Cl-].[Cl-].[Cl-].[Ti+4]. The van der Waals surface area contributed by atoms with Crippen LogP contribution in [0.2, 0.25) is 0 Å². The summed E-state index contributed by atoms with van der Waals surface area (Å²) in [5.41, 5.74) is 10.2. The molecule has 0 amide bonds. The molecule has 5 heteroatoms. The fourth-order valence-corrected chi connectivity index (χ4v) is 11.7. The zero-order valence-corrected chi connectivity index (χ0v) is 37.4. The van der Waals surface area contributed by atoms with E-state index in [1.54, 1.807) is 0 Å². The van der Waals surface area contributed by atoms with E-state index in [9.17, 15) is 0 Å². The Balaban J connectivity index is 0.00000576. The zero-order chi connectivity index (χ0) is 33.4. The number of hydrogen-bond acceptors (Lipinski definition) is 0. The van der Waals surface area contributed by atoms with Crippen LogP contribution in [0.15, 0.2) is 72.8 Å². The predicted molar refractivity (Wildman–Crippen MR) is 204 cm³/mol. The Labute approximate surface area is 335 Å². The van der Waals surface area contributed by atoms with Gasteiger partial charge in [-0.15, -0.1) is 5.19 Å². The molecule has 4 aromatic carbocycles. The van der Waals surface area contributed by atoms with Crippen molar-refractivity contribution < 1.29 is 58.9 Å². The van der Waals surface area contributed by atoms with Gasteiger partial charge in [-0.25, -0.2) is 6.07 Å². The van der Waals surface area contributed by atoms with E-state index in [0.29, 0.717) is 41.4 Å². The van der Waals surface area contributed by atoms with E-state index in [4.69, 9.17) is 0 Å². The maximum absolute atomic E-state index is 2.79. The monoisotopic (exact) mass is 770 g/mol. The van der Waals surface area contributed by atoms with Gasteiger partial charge in [-0.1, -0.05) is 173 Å². The topological polar surface area (TPSA) is 0 Å². The first-order chi connectivity index (χ1) is 21.1. The van der Waals surface area contributed by atoms with Crippen LogP contribution in [0.3, 0.4) is 0 Å². The van der Waals surface area contributed by atoms with Crippen molar-refractivity contribution in [3.63, 3.8) is 0 Å². The Morgan fingerprint density at radius 2 is 0.592 bits per heavy atom. The minimum atomic E-state index is -2.79. The summed E-state index contributed by atoms with van der Waals surface area (Å²) in [6.45, 7) is 33.0. The van der Waals surface area contributed by atoms with Crippen molar-refractivity contribution in [2.24, 2.45) is 0 Å². The molecule has 0 nitrogen and oxygen atoms in total. The number of hydrogen-bond donors (Lipinski definition) is 0. The predicted octanol–water partition coefficient (Wildman–Crippen LogP) is 1.66. The van der Waals surface area contributed by atoms with Crippen LogP contribution < -0.4 is 58.0 Å². The molecule has 0 heterocycles. The van der Waals surface area contributed by atoms with Gasteiger partial charge in [0.2, 0.25) is 0 Å². The Kier molecular flexibility index (Phi) is 19.1. The van der Waals surface area contributed by atoms with Crippen LogP contribution in [0.25, 0.3) is 0 Å². The van der Waals surface area contributed by atoms with Gasteiger partial charge >= 0.3 is 21.7 Å². The minimum Gasteiger partial charge on any atom is -1.00 e. The van der Waals surface area contributed by atoms with E-state index in [2.05, 4.69) is 170 Å². The van der Waals surface area contributed by atoms with Crippen LogP contribution in [0.5, 0.6) is 0 Å². The van der Waals surface area contributed by atoms with E-state index in [1.807, 2.05) is 0 Å². The van der Waals surface area contributed by atoms with Crippen LogP contribution in [0.4, 0.5) is 0 Å². The fraction of sp³-hybridized carbons (Fsp3) is 0.477. The average molecular weight is 772 g/mol. The summed E-state index contributed by atoms with van der Waals surface area (Å²) >= 11 is 0. The van der Waals surface area contributed by atoms with Gasteiger partial charge in [-0.3, -0.25) is 0 Å². The molecule has 0 fully saturated rings. The molecule has 4 aromatic rings. The first-order valence-electron chi connectivity index (χ1n) is 17.8. The molecule has 0 aliphatic rings. The van der Waals surface area contributed by atoms with Gasteiger partial charge in [0.1, 0.15) is 8.07 Å². The quantitative estimate of drug-likeness (QED) is 0.124. The molecule has 0 N–H and O–H groups in total. The molecule has 0 aliphatic heterocycles. The van der Waals surface area contributed by atoms with E-state index in [1.165, 1.54) is 59.7 Å². The molecule has 0 unspecified atom stereocenters. The Hall–Kier alpha value is -1.19. The van der Waals surface area contributed by atoms with Crippen LogP contribution >= 0.6 is 0 Å². The molecule has 0 bridgehead atoms. The summed E-state index contributed by atoms with van der Waals surface area (Å²) in [5.74, 6) is 3.24. The molecule has 0 aliphatic carbocycles. The summed E-state index contributed by atoms with van der Waals surface area (Å²) in [6, 6.07) is 30.6. The molecule has 4 rings (SSSR count). The van der Waals surface area contributed by atoms with Crippen LogP contribution in [0.1, 0.15) is 177 Å². The molecule has 0 saturated carbocycles. The van der Waals surface area contributed by atoms with Crippen LogP contribution in [-0.2, 0) is 21.7 Å². The largest absolute Gasteiger partial charge is 4.00 e. The van der Waals surface area contributed by atoms with Crippen molar-refractivity contribution in [2.45, 2.75) is 138 Å². The number of halogens is 3. The molecule has 49 heavy (non-hydrogen) atoms. The van der Waals surface area contributed by atoms with Gasteiger partial charge in [0.15, 0.2) is 0 Å². The molecule has 0 radical (unpaired) electrons. The van der Waals surface area contributed by atoms with Gasteiger partial charge < -0.3 is 37.2 Å². The van der Waals surface area contributed by atoms with Gasteiger partial charge in [0.25, 0.3) is 0 Å². The summed E-state index contributed by atoms with van der Waals surface area (Å²) in [4.78, 5) is 0. The summed E-state index contributed by atoms with van der Waals surface area (Å²) < 4.78 is 0. The molecule has 0 atom stereocenters. The molecule has 0 spiro atoms. The Morgan fingerprint density at radius 3 is 0.776 bits per heavy atom. The van der Waals surface area contributed by atoms with Crippen molar-refractivity contribution in [3.8, 4) is 0 Å². The third-order valence-corrected chi connectivity index (χ3v) is 14.8. The molecule has 266 valence electrons. The van der Waals surface area contributed by atoms with Crippen molar-refractivity contribution in [2.75, 3.05) is 0 Å². The van der Waals surface area contributed by atoms with E-state index >= 15 is 0 Å². The molecular weight excluding hydrogens is 711 g/mol. The second kappa shape index (κ2) is 19.6. The van der Waals surface area contributed by atoms with Crippen molar-refractivity contribution in [1.82, 2.24) is 0 Å². The smallest absolute Gasteiger partial charge is 1.00 e. The van der Waals surface area contributed by atoms with Gasteiger partial charge in [-0.05, 0) is 68.9 Å². The summed E-state index contributed by atoms with van der Waals surface area (Å²) in [6.07, 6.45) is 0. The molecule has 0 aromatic heterocycles. The average Bonchev–Trinajstić information content (AvgIpc) is 3.48. The standard InChI is InChI=1S/C44H61Si.3ClH.Ti/c1-27(2)34-15-16-41(20-34)45(42-21-35(28(3)4)17-36(22-42)29(5)6,43-23-37(30(7)8)18-38(24-43)31(9)10)44-25-39(32(11)12)19-40(26-44)33(13)14;;;;/h15-33H,1-14H3;3*1H;/q-1;;;;+4/p-3. The number of benzene rings is 3. The Bertz CT molecular complexity index is 1380. The van der Waals surface area contributed by atoms with Crippen LogP contribution in [0, 0.1) is 0 Å². The first-order valence-corrected chi connectivity index (χ1v) is 19.8. The second-order valence-electron chi connectivity index (χ2n) is 15.9. The summed E-state index contributed by atoms with van der Waals surface area (Å²) in [7, 11) is -2.79. The molecule has 0 saturated heterocycles.